The highest BCUT2D eigenvalue weighted by Gasteiger charge is 2.21. The number of nitrogens with one attached hydrogen (secondary N) is 1. The molecule has 1 aliphatic rings. The average molecular weight is 611 g/mol. The van der Waals surface area contributed by atoms with Crippen molar-refractivity contribution in [3.63, 3.8) is 0 Å². The van der Waals surface area contributed by atoms with Gasteiger partial charge in [-0.25, -0.2) is 5.43 Å². The number of halogens is 1. The maximum Gasteiger partial charge on any atom is 0.254 e. The molecule has 0 bridgehead atoms. The number of carbonyl (C=O) groups is 1. The first-order chi connectivity index (χ1) is 21.5. The number of benzene rings is 4. The lowest BCUT2D eigenvalue weighted by Crippen LogP contribution is -2.48. The second kappa shape index (κ2) is 13.7. The van der Waals surface area contributed by atoms with Crippen LogP contribution in [0.15, 0.2) is 94.6 Å². The molecule has 0 aliphatic carbocycles. The molecule has 224 valence electrons. The summed E-state index contributed by atoms with van der Waals surface area (Å²) in [4.78, 5) is 21.4. The molecule has 2 N–H and O–H groups in total. The van der Waals surface area contributed by atoms with Crippen molar-refractivity contribution in [1.29, 1.82) is 0 Å². The highest BCUT2D eigenvalue weighted by molar-refractivity contribution is 6.30. The quantitative estimate of drug-likeness (QED) is 0.166. The molecule has 5 aromatic rings. The second-order valence-corrected chi connectivity index (χ2v) is 11.0. The van der Waals surface area contributed by atoms with Crippen LogP contribution in [0.2, 0.25) is 5.02 Å². The second-order valence-electron chi connectivity index (χ2n) is 10.5. The van der Waals surface area contributed by atoms with Crippen LogP contribution in [0.3, 0.4) is 0 Å². The highest BCUT2D eigenvalue weighted by atomic mass is 35.5. The molecule has 10 nitrogen and oxygen atoms in total. The molecular weight excluding hydrogens is 580 g/mol. The zero-order chi connectivity index (χ0) is 30.3. The smallest absolute Gasteiger partial charge is 0.254 e. The van der Waals surface area contributed by atoms with Crippen molar-refractivity contribution in [1.82, 2.24) is 25.4 Å². The minimum absolute atomic E-state index is 0.111. The number of phenolic OH excluding ortho intramolecular Hbond substituents is 1. The van der Waals surface area contributed by atoms with Crippen LogP contribution in [-0.4, -0.2) is 69.9 Å². The molecule has 4 aromatic carbocycles. The van der Waals surface area contributed by atoms with E-state index in [2.05, 4.69) is 30.5 Å². The third kappa shape index (κ3) is 7.41. The Hall–Kier alpha value is -4.77. The van der Waals surface area contributed by atoms with Crippen LogP contribution in [0.1, 0.15) is 17.0 Å². The minimum atomic E-state index is -0.210. The lowest BCUT2D eigenvalue weighted by Gasteiger charge is -2.33. The molecule has 0 atom stereocenters. The fraction of sp³-hybridized carbons (Fsp3) is 0.212. The van der Waals surface area contributed by atoms with Crippen molar-refractivity contribution in [2.24, 2.45) is 5.10 Å². The van der Waals surface area contributed by atoms with Gasteiger partial charge in [-0.05, 0) is 46.7 Å². The number of rotatable bonds is 10. The Morgan fingerprint density at radius 2 is 1.73 bits per heavy atom. The summed E-state index contributed by atoms with van der Waals surface area (Å²) in [5.41, 5.74) is 5.03. The molecule has 0 radical (unpaired) electrons. The number of phenols is 1. The molecule has 2 heterocycles. The molecule has 1 aromatic heterocycles. The van der Waals surface area contributed by atoms with E-state index in [1.165, 1.54) is 6.21 Å². The van der Waals surface area contributed by atoms with Crippen LogP contribution < -0.4 is 10.2 Å². The number of amides is 1. The maximum absolute atomic E-state index is 12.5. The van der Waals surface area contributed by atoms with Gasteiger partial charge in [0.1, 0.15) is 18.1 Å². The van der Waals surface area contributed by atoms with E-state index in [1.807, 2.05) is 66.7 Å². The van der Waals surface area contributed by atoms with E-state index in [0.717, 1.165) is 53.8 Å². The van der Waals surface area contributed by atoms with Crippen LogP contribution in [0.5, 0.6) is 11.5 Å². The molecule has 44 heavy (non-hydrogen) atoms. The van der Waals surface area contributed by atoms with Gasteiger partial charge in [-0.2, -0.15) is 10.1 Å². The Morgan fingerprint density at radius 1 is 0.977 bits per heavy atom. The fourth-order valence-electron chi connectivity index (χ4n) is 5.01. The van der Waals surface area contributed by atoms with Gasteiger partial charge in [0.15, 0.2) is 0 Å². The minimum Gasteiger partial charge on any atom is -0.507 e. The van der Waals surface area contributed by atoms with Crippen LogP contribution in [0.25, 0.3) is 22.2 Å². The Morgan fingerprint density at radius 3 is 2.52 bits per heavy atom. The number of hydrogen-bond donors (Lipinski definition) is 2. The van der Waals surface area contributed by atoms with Gasteiger partial charge in [0.2, 0.25) is 11.7 Å². The van der Waals surface area contributed by atoms with Crippen molar-refractivity contribution in [2.75, 3.05) is 32.7 Å². The summed E-state index contributed by atoms with van der Waals surface area (Å²) in [6.07, 6.45) is 1.48. The largest absolute Gasteiger partial charge is 0.507 e. The number of piperazine rings is 1. The molecule has 0 unspecified atom stereocenters. The summed E-state index contributed by atoms with van der Waals surface area (Å²) in [6.45, 7) is 4.19. The van der Waals surface area contributed by atoms with Crippen molar-refractivity contribution >= 4 is 34.5 Å². The molecule has 0 saturated carbocycles. The summed E-state index contributed by atoms with van der Waals surface area (Å²) in [5, 5.41) is 21.0. The fourth-order valence-corrected chi connectivity index (χ4v) is 5.13. The lowest BCUT2D eigenvalue weighted by molar-refractivity contribution is -0.122. The summed E-state index contributed by atoms with van der Waals surface area (Å²) in [5.74, 6) is 1.75. The van der Waals surface area contributed by atoms with Gasteiger partial charge < -0.3 is 14.4 Å². The van der Waals surface area contributed by atoms with Crippen molar-refractivity contribution in [2.45, 2.75) is 13.2 Å². The summed E-state index contributed by atoms with van der Waals surface area (Å²) < 4.78 is 11.3. The Balaban J connectivity index is 0.939. The number of aromatic nitrogens is 2. The first-order valence-corrected chi connectivity index (χ1v) is 14.7. The summed E-state index contributed by atoms with van der Waals surface area (Å²) >= 11 is 5.93. The Labute approximate surface area is 259 Å². The van der Waals surface area contributed by atoms with Gasteiger partial charge >= 0.3 is 0 Å². The van der Waals surface area contributed by atoms with E-state index >= 15 is 0 Å². The molecule has 6 rings (SSSR count). The predicted molar refractivity (Wildman–Crippen MR) is 169 cm³/mol. The predicted octanol–water partition coefficient (Wildman–Crippen LogP) is 5.10. The third-order valence-electron chi connectivity index (χ3n) is 7.42. The monoisotopic (exact) mass is 610 g/mol. The van der Waals surface area contributed by atoms with Crippen LogP contribution >= 0.6 is 11.6 Å². The maximum atomic E-state index is 12.5. The van der Waals surface area contributed by atoms with Crippen LogP contribution in [0, 0.1) is 0 Å². The molecule has 1 fully saturated rings. The van der Waals surface area contributed by atoms with E-state index < -0.39 is 0 Å². The van der Waals surface area contributed by atoms with E-state index in [1.54, 1.807) is 18.2 Å². The Bertz CT molecular complexity index is 1750. The van der Waals surface area contributed by atoms with Gasteiger partial charge in [0.25, 0.3) is 5.91 Å². The molecule has 0 spiro atoms. The SMILES string of the molecule is O=C(CN1CCN(Cc2nc(-c3ccc(COc4ccc(Cl)cc4)cc3)no2)CC1)NN=Cc1c(O)ccc2ccccc12. The zero-order valence-electron chi connectivity index (χ0n) is 23.9. The standard InChI is InChI=1S/C33H31ClN6O4/c34-26-10-12-27(13-11-26)43-22-23-5-7-25(8-6-23)33-36-32(44-38-33)21-40-17-15-39(16-18-40)20-31(42)37-35-19-29-28-4-2-1-3-24(28)9-14-30(29)41/h1-14,19,41H,15-18,20-22H2,(H,37,42). The molecule has 1 aliphatic heterocycles. The summed E-state index contributed by atoms with van der Waals surface area (Å²) in [6, 6.07) is 26.3. The van der Waals surface area contributed by atoms with Gasteiger partial charge in [-0.15, -0.1) is 0 Å². The van der Waals surface area contributed by atoms with Gasteiger partial charge in [-0.3, -0.25) is 14.6 Å². The number of ether oxygens (including phenoxy) is 1. The van der Waals surface area contributed by atoms with Crippen LogP contribution in [-0.2, 0) is 17.9 Å². The number of nitrogens with zero attached hydrogens (tertiary/aromatic N) is 5. The van der Waals surface area contributed by atoms with Crippen molar-refractivity contribution < 1.29 is 19.2 Å². The number of aromatic hydroxyl groups is 1. The number of hydrogen-bond acceptors (Lipinski definition) is 9. The van der Waals surface area contributed by atoms with Crippen LogP contribution in [0.4, 0.5) is 0 Å². The van der Waals surface area contributed by atoms with E-state index in [9.17, 15) is 9.90 Å². The van der Waals surface area contributed by atoms with Gasteiger partial charge in [-0.1, -0.05) is 71.4 Å². The third-order valence-corrected chi connectivity index (χ3v) is 7.67. The van der Waals surface area contributed by atoms with E-state index in [4.69, 9.17) is 20.9 Å². The highest BCUT2D eigenvalue weighted by Crippen LogP contribution is 2.25. The van der Waals surface area contributed by atoms with Gasteiger partial charge in [0.05, 0.1) is 19.3 Å². The normalized spacial score (nSPS) is 14.3. The molecular formula is C33H31ClN6O4. The molecule has 11 heteroatoms. The first-order valence-electron chi connectivity index (χ1n) is 14.3. The number of fused-ring (bicyclic) bond motifs is 1. The summed E-state index contributed by atoms with van der Waals surface area (Å²) in [7, 11) is 0. The lowest BCUT2D eigenvalue weighted by atomic mass is 10.0. The van der Waals surface area contributed by atoms with Gasteiger partial charge in [0, 0.05) is 42.3 Å². The zero-order valence-corrected chi connectivity index (χ0v) is 24.7. The van der Waals surface area contributed by atoms with Crippen molar-refractivity contribution in [3.8, 4) is 22.9 Å². The Kier molecular flexibility index (Phi) is 9.11. The van der Waals surface area contributed by atoms with E-state index in [-0.39, 0.29) is 18.2 Å². The van der Waals surface area contributed by atoms with Crippen molar-refractivity contribution in [3.05, 3.63) is 107 Å². The molecule has 1 saturated heterocycles. The topological polar surface area (TPSA) is 116 Å². The molecule has 1 amide bonds. The first kappa shape index (κ1) is 29.3. The number of hydrazone groups is 1. The number of carbonyl (C=O) groups excluding carboxylic acids is 1. The van der Waals surface area contributed by atoms with E-state index in [0.29, 0.717) is 35.5 Å². The average Bonchev–Trinajstić information content (AvgIpc) is 3.51.